The third-order valence-electron chi connectivity index (χ3n) is 3.41. The summed E-state index contributed by atoms with van der Waals surface area (Å²) in [5.74, 6) is 0.196. The molecule has 0 saturated heterocycles. The summed E-state index contributed by atoms with van der Waals surface area (Å²) < 4.78 is 0. The van der Waals surface area contributed by atoms with E-state index in [0.717, 1.165) is 5.56 Å². The van der Waals surface area contributed by atoms with Gasteiger partial charge in [0.2, 0.25) is 0 Å². The lowest BCUT2D eigenvalue weighted by molar-refractivity contribution is 0.0962. The summed E-state index contributed by atoms with van der Waals surface area (Å²) in [5, 5.41) is 8.23. The molecule has 0 bridgehead atoms. The predicted molar refractivity (Wildman–Crippen MR) is 81.0 cm³/mol. The molecule has 0 aliphatic heterocycles. The van der Waals surface area contributed by atoms with Crippen molar-refractivity contribution in [1.29, 1.82) is 0 Å². The van der Waals surface area contributed by atoms with Gasteiger partial charge in [0.25, 0.3) is 5.91 Å². The molecule has 0 heterocycles. The van der Waals surface area contributed by atoms with Crippen LogP contribution in [0.2, 0.25) is 0 Å². The normalized spacial score (nSPS) is 11.9. The molecule has 0 saturated carbocycles. The SMILES string of the molecule is CNC(=O)c1cccc(NC(=O)N[C@@H](C)C(C)C)c1C. The zero-order chi connectivity index (χ0) is 15.3. The van der Waals surface area contributed by atoms with Crippen molar-refractivity contribution in [3.05, 3.63) is 29.3 Å². The Morgan fingerprint density at radius 1 is 1.15 bits per heavy atom. The molecule has 0 radical (unpaired) electrons. The summed E-state index contributed by atoms with van der Waals surface area (Å²) in [6, 6.07) is 5.08. The Morgan fingerprint density at radius 3 is 2.35 bits per heavy atom. The first-order chi connectivity index (χ1) is 9.36. The minimum atomic E-state index is -0.261. The van der Waals surface area contributed by atoms with Crippen LogP contribution in [0.25, 0.3) is 0 Å². The first kappa shape index (κ1) is 16.0. The molecule has 0 aliphatic rings. The molecule has 20 heavy (non-hydrogen) atoms. The second kappa shape index (κ2) is 6.93. The van der Waals surface area contributed by atoms with E-state index in [1.807, 2.05) is 27.7 Å². The zero-order valence-corrected chi connectivity index (χ0v) is 12.7. The van der Waals surface area contributed by atoms with Gasteiger partial charge in [-0.3, -0.25) is 4.79 Å². The predicted octanol–water partition coefficient (Wildman–Crippen LogP) is 2.52. The molecule has 0 unspecified atom stereocenters. The van der Waals surface area contributed by atoms with Crippen LogP contribution in [0.3, 0.4) is 0 Å². The molecule has 0 fully saturated rings. The van der Waals surface area contributed by atoms with E-state index in [-0.39, 0.29) is 18.0 Å². The average molecular weight is 277 g/mol. The van der Waals surface area contributed by atoms with Crippen molar-refractivity contribution in [2.45, 2.75) is 33.7 Å². The van der Waals surface area contributed by atoms with Crippen LogP contribution in [0, 0.1) is 12.8 Å². The van der Waals surface area contributed by atoms with E-state index in [1.165, 1.54) is 0 Å². The number of amides is 3. The summed E-state index contributed by atoms with van der Waals surface area (Å²) in [7, 11) is 1.58. The topological polar surface area (TPSA) is 70.2 Å². The van der Waals surface area contributed by atoms with Gasteiger partial charge in [0.15, 0.2) is 0 Å². The molecule has 0 aromatic heterocycles. The molecule has 0 spiro atoms. The van der Waals surface area contributed by atoms with E-state index < -0.39 is 0 Å². The quantitative estimate of drug-likeness (QED) is 0.791. The van der Waals surface area contributed by atoms with Crippen molar-refractivity contribution >= 4 is 17.6 Å². The molecule has 0 aliphatic carbocycles. The first-order valence-electron chi connectivity index (χ1n) is 6.76. The molecule has 1 aromatic carbocycles. The third-order valence-corrected chi connectivity index (χ3v) is 3.41. The fraction of sp³-hybridized carbons (Fsp3) is 0.467. The molecular formula is C15H23N3O2. The van der Waals surface area contributed by atoms with Crippen LogP contribution in [-0.4, -0.2) is 25.0 Å². The lowest BCUT2D eigenvalue weighted by atomic mass is 10.1. The van der Waals surface area contributed by atoms with Crippen LogP contribution in [-0.2, 0) is 0 Å². The number of nitrogens with one attached hydrogen (secondary N) is 3. The molecule has 3 N–H and O–H groups in total. The minimum Gasteiger partial charge on any atom is -0.355 e. The Hall–Kier alpha value is -2.04. The second-order valence-corrected chi connectivity index (χ2v) is 5.19. The molecule has 1 aromatic rings. The van der Waals surface area contributed by atoms with Crippen LogP contribution in [0.15, 0.2) is 18.2 Å². The number of benzene rings is 1. The molecule has 1 rings (SSSR count). The highest BCUT2D eigenvalue weighted by molar-refractivity contribution is 5.98. The van der Waals surface area contributed by atoms with Crippen molar-refractivity contribution in [2.75, 3.05) is 12.4 Å². The van der Waals surface area contributed by atoms with Crippen molar-refractivity contribution in [3.63, 3.8) is 0 Å². The first-order valence-corrected chi connectivity index (χ1v) is 6.76. The number of carbonyl (C=O) groups excluding carboxylic acids is 2. The van der Waals surface area contributed by atoms with Crippen LogP contribution in [0.5, 0.6) is 0 Å². The Kier molecular flexibility index (Phi) is 5.55. The fourth-order valence-electron chi connectivity index (χ4n) is 1.68. The van der Waals surface area contributed by atoms with Crippen molar-refractivity contribution in [3.8, 4) is 0 Å². The smallest absolute Gasteiger partial charge is 0.319 e. The maximum atomic E-state index is 11.9. The average Bonchev–Trinajstić information content (AvgIpc) is 2.40. The van der Waals surface area contributed by atoms with Gasteiger partial charge in [-0.25, -0.2) is 4.79 Å². The van der Waals surface area contributed by atoms with Crippen molar-refractivity contribution in [1.82, 2.24) is 10.6 Å². The van der Waals surface area contributed by atoms with E-state index in [0.29, 0.717) is 17.2 Å². The largest absolute Gasteiger partial charge is 0.355 e. The maximum Gasteiger partial charge on any atom is 0.319 e. The second-order valence-electron chi connectivity index (χ2n) is 5.19. The number of rotatable bonds is 4. The summed E-state index contributed by atoms with van der Waals surface area (Å²) in [5.41, 5.74) is 1.95. The van der Waals surface area contributed by atoms with Gasteiger partial charge >= 0.3 is 6.03 Å². The third kappa shape index (κ3) is 3.98. The molecule has 1 atom stereocenters. The molecule has 110 valence electrons. The van der Waals surface area contributed by atoms with Gasteiger partial charge in [-0.1, -0.05) is 19.9 Å². The van der Waals surface area contributed by atoms with Crippen LogP contribution < -0.4 is 16.0 Å². The number of anilines is 1. The highest BCUT2D eigenvalue weighted by atomic mass is 16.2. The highest BCUT2D eigenvalue weighted by Gasteiger charge is 2.14. The van der Waals surface area contributed by atoms with Crippen molar-refractivity contribution in [2.24, 2.45) is 5.92 Å². The van der Waals surface area contributed by atoms with Crippen molar-refractivity contribution < 1.29 is 9.59 Å². The fourth-order valence-corrected chi connectivity index (χ4v) is 1.68. The highest BCUT2D eigenvalue weighted by Crippen LogP contribution is 2.18. The number of urea groups is 1. The van der Waals surface area contributed by atoms with Gasteiger partial charge in [-0.2, -0.15) is 0 Å². The van der Waals surface area contributed by atoms with Crippen LogP contribution >= 0.6 is 0 Å². The Morgan fingerprint density at radius 2 is 1.80 bits per heavy atom. The van der Waals surface area contributed by atoms with E-state index in [1.54, 1.807) is 25.2 Å². The van der Waals surface area contributed by atoms with Crippen LogP contribution in [0.1, 0.15) is 36.7 Å². The van der Waals surface area contributed by atoms with E-state index >= 15 is 0 Å². The number of hydrogen-bond donors (Lipinski definition) is 3. The summed E-state index contributed by atoms with van der Waals surface area (Å²) >= 11 is 0. The summed E-state index contributed by atoms with van der Waals surface area (Å²) in [6.07, 6.45) is 0. The van der Waals surface area contributed by atoms with Gasteiger partial charge in [0.1, 0.15) is 0 Å². The maximum absolute atomic E-state index is 11.9. The Balaban J connectivity index is 2.83. The van der Waals surface area contributed by atoms with Gasteiger partial charge in [-0.05, 0) is 37.5 Å². The Labute approximate surface area is 120 Å². The lowest BCUT2D eigenvalue weighted by Gasteiger charge is -2.19. The molecular weight excluding hydrogens is 254 g/mol. The summed E-state index contributed by atoms with van der Waals surface area (Å²) in [4.78, 5) is 23.6. The number of carbonyl (C=O) groups is 2. The lowest BCUT2D eigenvalue weighted by Crippen LogP contribution is -2.39. The van der Waals surface area contributed by atoms with Crippen LogP contribution in [0.4, 0.5) is 10.5 Å². The molecule has 5 heteroatoms. The summed E-state index contributed by atoms with van der Waals surface area (Å²) in [6.45, 7) is 7.86. The van der Waals surface area contributed by atoms with Gasteiger partial charge in [-0.15, -0.1) is 0 Å². The number of hydrogen-bond acceptors (Lipinski definition) is 2. The Bertz CT molecular complexity index is 498. The van der Waals surface area contributed by atoms with Gasteiger partial charge in [0.05, 0.1) is 0 Å². The zero-order valence-electron chi connectivity index (χ0n) is 12.7. The molecule has 5 nitrogen and oxygen atoms in total. The van der Waals surface area contributed by atoms with E-state index in [2.05, 4.69) is 16.0 Å². The van der Waals surface area contributed by atoms with Gasteiger partial charge in [0, 0.05) is 24.3 Å². The monoisotopic (exact) mass is 277 g/mol. The van der Waals surface area contributed by atoms with E-state index in [4.69, 9.17) is 0 Å². The molecule has 3 amide bonds. The van der Waals surface area contributed by atoms with E-state index in [9.17, 15) is 9.59 Å². The minimum absolute atomic E-state index is 0.0810. The standard InChI is InChI=1S/C15H23N3O2/c1-9(2)11(4)17-15(20)18-13-8-6-7-12(10(13)3)14(19)16-5/h6-9,11H,1-5H3,(H,16,19)(H2,17,18,20)/t11-/m0/s1. The van der Waals surface area contributed by atoms with Gasteiger partial charge < -0.3 is 16.0 Å².